The highest BCUT2D eigenvalue weighted by Crippen LogP contribution is 2.29. The molecule has 16 heavy (non-hydrogen) atoms. The molecule has 1 aromatic heterocycles. The van der Waals surface area contributed by atoms with Crippen molar-refractivity contribution in [1.29, 1.82) is 0 Å². The number of esters is 1. The zero-order chi connectivity index (χ0) is 11.7. The second-order valence-electron chi connectivity index (χ2n) is 3.82. The molecule has 2 atom stereocenters. The normalized spacial score (nSPS) is 22.7. The van der Waals surface area contributed by atoms with Crippen LogP contribution in [0.4, 0.5) is 5.82 Å². The number of pyridine rings is 1. The number of nitrogens with zero attached hydrogens (tertiary/aromatic N) is 1. The summed E-state index contributed by atoms with van der Waals surface area (Å²) in [5.74, 6) is 0.844. The number of hydrogen-bond acceptors (Lipinski definition) is 5. The van der Waals surface area contributed by atoms with E-state index in [1.165, 1.54) is 13.3 Å². The predicted molar refractivity (Wildman–Crippen MR) is 58.8 cm³/mol. The maximum atomic E-state index is 11.3. The minimum Gasteiger partial charge on any atom is -0.485 e. The molecule has 2 heterocycles. The van der Waals surface area contributed by atoms with Crippen molar-refractivity contribution in [1.82, 2.24) is 4.98 Å². The molecule has 1 aliphatic rings. The van der Waals surface area contributed by atoms with Crippen LogP contribution in [0, 0.1) is 0 Å². The Kier molecular flexibility index (Phi) is 2.68. The first-order chi connectivity index (χ1) is 7.61. The third kappa shape index (κ3) is 1.80. The number of methoxy groups -OCH3 is 1. The molecule has 0 aliphatic carbocycles. The van der Waals surface area contributed by atoms with Crippen molar-refractivity contribution in [2.24, 2.45) is 0 Å². The van der Waals surface area contributed by atoms with Gasteiger partial charge in [0.2, 0.25) is 0 Å². The molecule has 1 aliphatic heterocycles. The molecular formula is C11H14N2O3. The van der Waals surface area contributed by atoms with Crippen LogP contribution in [-0.4, -0.2) is 30.2 Å². The van der Waals surface area contributed by atoms with Crippen molar-refractivity contribution in [3.8, 4) is 5.75 Å². The summed E-state index contributed by atoms with van der Waals surface area (Å²) in [6, 6.07) is 1.84. The van der Waals surface area contributed by atoms with Crippen LogP contribution in [0.3, 0.4) is 0 Å². The van der Waals surface area contributed by atoms with E-state index in [0.29, 0.717) is 17.1 Å². The van der Waals surface area contributed by atoms with E-state index in [1.54, 1.807) is 6.07 Å². The van der Waals surface area contributed by atoms with Crippen LogP contribution in [0.2, 0.25) is 0 Å². The van der Waals surface area contributed by atoms with Crippen LogP contribution < -0.4 is 10.1 Å². The standard InChI is InChI=1S/C11H14N2O3/c1-6-7(2)16-9-4-8(11(14)15-3)5-12-10(9)13-6/h4-7H,1-3H3,(H,12,13). The molecule has 0 saturated heterocycles. The van der Waals surface area contributed by atoms with E-state index >= 15 is 0 Å². The summed E-state index contributed by atoms with van der Waals surface area (Å²) in [7, 11) is 1.34. The third-order valence-corrected chi connectivity index (χ3v) is 2.66. The van der Waals surface area contributed by atoms with E-state index < -0.39 is 5.97 Å². The van der Waals surface area contributed by atoms with E-state index in [4.69, 9.17) is 4.74 Å². The molecular weight excluding hydrogens is 208 g/mol. The Labute approximate surface area is 93.8 Å². The summed E-state index contributed by atoms with van der Waals surface area (Å²) >= 11 is 0. The van der Waals surface area contributed by atoms with Crippen LogP contribution in [0.25, 0.3) is 0 Å². The first kappa shape index (κ1) is 10.7. The monoisotopic (exact) mass is 222 g/mol. The third-order valence-electron chi connectivity index (χ3n) is 2.66. The Morgan fingerprint density at radius 1 is 1.56 bits per heavy atom. The van der Waals surface area contributed by atoms with Crippen LogP contribution in [-0.2, 0) is 4.74 Å². The molecule has 0 spiro atoms. The minimum absolute atomic E-state index is 0.0437. The SMILES string of the molecule is COC(=O)c1cnc2c(c1)OC(C)C(C)N2. The summed E-state index contributed by atoms with van der Waals surface area (Å²) < 4.78 is 10.3. The second kappa shape index (κ2) is 4.00. The van der Waals surface area contributed by atoms with Gasteiger partial charge in [-0.05, 0) is 13.8 Å². The van der Waals surface area contributed by atoms with Gasteiger partial charge in [0, 0.05) is 12.3 Å². The Hall–Kier alpha value is -1.78. The smallest absolute Gasteiger partial charge is 0.339 e. The van der Waals surface area contributed by atoms with E-state index in [1.807, 2.05) is 13.8 Å². The van der Waals surface area contributed by atoms with Crippen molar-refractivity contribution in [3.05, 3.63) is 17.8 Å². The van der Waals surface area contributed by atoms with Crippen molar-refractivity contribution in [2.45, 2.75) is 26.0 Å². The van der Waals surface area contributed by atoms with Crippen LogP contribution >= 0.6 is 0 Å². The molecule has 0 bridgehead atoms. The zero-order valence-electron chi connectivity index (χ0n) is 9.48. The predicted octanol–water partition coefficient (Wildman–Crippen LogP) is 1.45. The van der Waals surface area contributed by atoms with Gasteiger partial charge in [0.25, 0.3) is 0 Å². The number of nitrogens with one attached hydrogen (secondary N) is 1. The number of rotatable bonds is 1. The topological polar surface area (TPSA) is 60.5 Å². The fourth-order valence-electron chi connectivity index (χ4n) is 1.51. The van der Waals surface area contributed by atoms with Crippen molar-refractivity contribution >= 4 is 11.8 Å². The largest absolute Gasteiger partial charge is 0.485 e. The summed E-state index contributed by atoms with van der Waals surface area (Å²) in [6.07, 6.45) is 1.52. The van der Waals surface area contributed by atoms with E-state index in [0.717, 1.165) is 0 Å². The summed E-state index contributed by atoms with van der Waals surface area (Å²) in [5.41, 5.74) is 0.393. The maximum absolute atomic E-state index is 11.3. The highest BCUT2D eigenvalue weighted by atomic mass is 16.5. The zero-order valence-corrected chi connectivity index (χ0v) is 9.48. The summed E-state index contributed by atoms with van der Waals surface area (Å²) in [6.45, 7) is 3.98. The Balaban J connectivity index is 2.32. The van der Waals surface area contributed by atoms with Crippen molar-refractivity contribution in [2.75, 3.05) is 12.4 Å². The van der Waals surface area contributed by atoms with Gasteiger partial charge >= 0.3 is 5.97 Å². The molecule has 5 heteroatoms. The van der Waals surface area contributed by atoms with Gasteiger partial charge in [-0.25, -0.2) is 9.78 Å². The van der Waals surface area contributed by atoms with E-state index in [2.05, 4.69) is 15.0 Å². The molecule has 0 saturated carbocycles. The van der Waals surface area contributed by atoms with Gasteiger partial charge in [-0.15, -0.1) is 0 Å². The molecule has 0 fully saturated rings. The second-order valence-corrected chi connectivity index (χ2v) is 3.82. The number of hydrogen-bond donors (Lipinski definition) is 1. The fraction of sp³-hybridized carbons (Fsp3) is 0.455. The highest BCUT2D eigenvalue weighted by molar-refractivity contribution is 5.90. The van der Waals surface area contributed by atoms with Crippen LogP contribution in [0.1, 0.15) is 24.2 Å². The lowest BCUT2D eigenvalue weighted by molar-refractivity contribution is 0.0599. The van der Waals surface area contributed by atoms with E-state index in [9.17, 15) is 4.79 Å². The molecule has 1 aromatic rings. The van der Waals surface area contributed by atoms with Gasteiger partial charge in [0.05, 0.1) is 18.7 Å². The van der Waals surface area contributed by atoms with Crippen LogP contribution in [0.5, 0.6) is 5.75 Å². The lowest BCUT2D eigenvalue weighted by atomic mass is 10.1. The molecule has 0 amide bonds. The average molecular weight is 222 g/mol. The lowest BCUT2D eigenvalue weighted by Gasteiger charge is -2.29. The number of anilines is 1. The minimum atomic E-state index is -0.412. The fourth-order valence-corrected chi connectivity index (χ4v) is 1.51. The molecule has 86 valence electrons. The van der Waals surface area contributed by atoms with Gasteiger partial charge in [-0.3, -0.25) is 0 Å². The van der Waals surface area contributed by atoms with E-state index in [-0.39, 0.29) is 12.1 Å². The molecule has 2 unspecified atom stereocenters. The van der Waals surface area contributed by atoms with Gasteiger partial charge in [0.1, 0.15) is 6.10 Å². The Bertz CT molecular complexity index is 420. The number of carbonyl (C=O) groups excluding carboxylic acids is 1. The Morgan fingerprint density at radius 3 is 3.00 bits per heavy atom. The number of carbonyl (C=O) groups is 1. The maximum Gasteiger partial charge on any atom is 0.339 e. The first-order valence-corrected chi connectivity index (χ1v) is 5.13. The molecule has 1 N–H and O–H groups in total. The number of aromatic nitrogens is 1. The van der Waals surface area contributed by atoms with Crippen LogP contribution in [0.15, 0.2) is 12.3 Å². The average Bonchev–Trinajstić information content (AvgIpc) is 2.29. The first-order valence-electron chi connectivity index (χ1n) is 5.13. The Morgan fingerprint density at radius 2 is 2.31 bits per heavy atom. The molecule has 2 rings (SSSR count). The van der Waals surface area contributed by atoms with Crippen molar-refractivity contribution < 1.29 is 14.3 Å². The molecule has 0 radical (unpaired) electrons. The summed E-state index contributed by atoms with van der Waals surface area (Å²) in [4.78, 5) is 15.4. The van der Waals surface area contributed by atoms with Gasteiger partial charge in [0.15, 0.2) is 11.6 Å². The van der Waals surface area contributed by atoms with Gasteiger partial charge in [-0.1, -0.05) is 0 Å². The van der Waals surface area contributed by atoms with Gasteiger partial charge < -0.3 is 14.8 Å². The molecule has 0 aromatic carbocycles. The number of fused-ring (bicyclic) bond motifs is 1. The molecule has 5 nitrogen and oxygen atoms in total. The quantitative estimate of drug-likeness (QED) is 0.729. The van der Waals surface area contributed by atoms with Gasteiger partial charge in [-0.2, -0.15) is 0 Å². The van der Waals surface area contributed by atoms with Crippen molar-refractivity contribution in [3.63, 3.8) is 0 Å². The number of ether oxygens (including phenoxy) is 2. The highest BCUT2D eigenvalue weighted by Gasteiger charge is 2.24. The lowest BCUT2D eigenvalue weighted by Crippen LogP contribution is -2.37. The summed E-state index contributed by atoms with van der Waals surface area (Å²) in [5, 5.41) is 3.21.